The number of hydrogen-bond donors (Lipinski definition) is 1. The first-order chi connectivity index (χ1) is 7.50. The molecule has 0 amide bonds. The molecule has 0 aliphatic heterocycles. The largest absolute Gasteiger partial charge is 0.481 e. The van der Waals surface area contributed by atoms with Gasteiger partial charge in [0.1, 0.15) is 0 Å². The fraction of sp³-hybridized carbons (Fsp3) is 0.417. The molecule has 2 rings (SSSR count). The minimum atomic E-state index is -2.81. The van der Waals surface area contributed by atoms with Gasteiger partial charge >= 0.3 is 5.97 Å². The van der Waals surface area contributed by atoms with Gasteiger partial charge in [0.25, 0.3) is 5.92 Å². The zero-order valence-electron chi connectivity index (χ0n) is 8.62. The number of benzene rings is 1. The van der Waals surface area contributed by atoms with Gasteiger partial charge in [0.2, 0.25) is 0 Å². The van der Waals surface area contributed by atoms with E-state index in [1.54, 1.807) is 6.07 Å². The van der Waals surface area contributed by atoms with Gasteiger partial charge < -0.3 is 5.11 Å². The minimum Gasteiger partial charge on any atom is -0.481 e. The zero-order chi connectivity index (χ0) is 11.8. The summed E-state index contributed by atoms with van der Waals surface area (Å²) in [5.41, 5.74) is 0.360. The molecule has 1 saturated carbocycles. The Morgan fingerprint density at radius 2 is 2.12 bits per heavy atom. The highest BCUT2D eigenvalue weighted by Gasteiger charge is 2.47. The van der Waals surface area contributed by atoms with E-state index in [1.165, 1.54) is 18.2 Å². The average molecular weight is 226 g/mol. The van der Waals surface area contributed by atoms with Crippen LogP contribution in [0.4, 0.5) is 8.78 Å². The molecular formula is C12H12F2O2. The molecule has 0 spiro atoms. The topological polar surface area (TPSA) is 37.3 Å². The molecule has 1 aliphatic carbocycles. The van der Waals surface area contributed by atoms with Crippen molar-refractivity contribution in [3.8, 4) is 0 Å². The zero-order valence-corrected chi connectivity index (χ0v) is 8.62. The van der Waals surface area contributed by atoms with Crippen LogP contribution < -0.4 is 0 Å². The quantitative estimate of drug-likeness (QED) is 0.857. The monoisotopic (exact) mass is 226 g/mol. The standard InChI is InChI=1S/C12H12F2O2/c13-12(14,9-4-5-9)10-3-1-2-8(6-10)7-11(15)16/h1-3,6,9H,4-5,7H2,(H,15,16). The van der Waals surface area contributed by atoms with Crippen LogP contribution in [0.3, 0.4) is 0 Å². The maximum atomic E-state index is 13.7. The molecule has 1 aromatic carbocycles. The molecule has 0 atom stereocenters. The van der Waals surface area contributed by atoms with Gasteiger partial charge in [-0.3, -0.25) is 4.79 Å². The van der Waals surface area contributed by atoms with E-state index in [0.29, 0.717) is 18.4 Å². The number of halogens is 2. The number of alkyl halides is 2. The highest BCUT2D eigenvalue weighted by molar-refractivity contribution is 5.70. The fourth-order valence-electron chi connectivity index (χ4n) is 1.74. The third-order valence-electron chi connectivity index (χ3n) is 2.76. The molecule has 0 saturated heterocycles. The van der Waals surface area contributed by atoms with Gasteiger partial charge in [0.05, 0.1) is 6.42 Å². The van der Waals surface area contributed by atoms with E-state index < -0.39 is 17.8 Å². The minimum absolute atomic E-state index is 0.0613. The Morgan fingerprint density at radius 3 is 2.69 bits per heavy atom. The smallest absolute Gasteiger partial charge is 0.307 e. The second-order valence-corrected chi connectivity index (χ2v) is 4.17. The Bertz CT molecular complexity index is 411. The van der Waals surface area contributed by atoms with Crippen molar-refractivity contribution in [2.45, 2.75) is 25.2 Å². The number of hydrogen-bond acceptors (Lipinski definition) is 1. The van der Waals surface area contributed by atoms with Crippen molar-refractivity contribution < 1.29 is 18.7 Å². The Balaban J connectivity index is 2.24. The maximum Gasteiger partial charge on any atom is 0.307 e. The lowest BCUT2D eigenvalue weighted by molar-refractivity contribution is -0.136. The van der Waals surface area contributed by atoms with Crippen LogP contribution in [0.1, 0.15) is 24.0 Å². The Kier molecular flexibility index (Phi) is 2.66. The molecule has 0 bridgehead atoms. The highest BCUT2D eigenvalue weighted by Crippen LogP contribution is 2.49. The summed E-state index contributed by atoms with van der Waals surface area (Å²) in [6.45, 7) is 0. The molecule has 0 heterocycles. The van der Waals surface area contributed by atoms with Crippen molar-refractivity contribution in [2.24, 2.45) is 5.92 Å². The van der Waals surface area contributed by atoms with Gasteiger partial charge in [-0.05, 0) is 24.5 Å². The molecule has 16 heavy (non-hydrogen) atoms. The van der Waals surface area contributed by atoms with Crippen LogP contribution in [0.2, 0.25) is 0 Å². The second kappa shape index (κ2) is 3.85. The molecule has 4 heteroatoms. The van der Waals surface area contributed by atoms with E-state index in [9.17, 15) is 13.6 Å². The number of aliphatic carboxylic acids is 1. The molecule has 1 fully saturated rings. The van der Waals surface area contributed by atoms with Gasteiger partial charge in [0.15, 0.2) is 0 Å². The van der Waals surface area contributed by atoms with Crippen LogP contribution in [0.25, 0.3) is 0 Å². The summed E-state index contributed by atoms with van der Waals surface area (Å²) >= 11 is 0. The molecule has 0 radical (unpaired) electrons. The summed E-state index contributed by atoms with van der Waals surface area (Å²) in [5, 5.41) is 8.59. The van der Waals surface area contributed by atoms with Gasteiger partial charge in [0, 0.05) is 11.5 Å². The predicted octanol–water partition coefficient (Wildman–Crippen LogP) is 2.82. The number of carboxylic acids is 1. The Labute approximate surface area is 91.9 Å². The first-order valence-corrected chi connectivity index (χ1v) is 5.19. The van der Waals surface area contributed by atoms with Crippen LogP contribution >= 0.6 is 0 Å². The molecule has 0 aromatic heterocycles. The van der Waals surface area contributed by atoms with E-state index in [2.05, 4.69) is 0 Å². The van der Waals surface area contributed by atoms with E-state index >= 15 is 0 Å². The van der Waals surface area contributed by atoms with Crippen molar-refractivity contribution in [2.75, 3.05) is 0 Å². The lowest BCUT2D eigenvalue weighted by atomic mass is 10.0. The van der Waals surface area contributed by atoms with Gasteiger partial charge in [-0.1, -0.05) is 18.2 Å². The summed E-state index contributed by atoms with van der Waals surface area (Å²) < 4.78 is 27.4. The number of carboxylic acid groups (broad SMARTS) is 1. The lowest BCUT2D eigenvalue weighted by Crippen LogP contribution is -2.16. The predicted molar refractivity (Wildman–Crippen MR) is 54.4 cm³/mol. The normalized spacial score (nSPS) is 16.1. The summed E-state index contributed by atoms with van der Waals surface area (Å²) in [6.07, 6.45) is 0.890. The van der Waals surface area contributed by atoms with Crippen LogP contribution in [0, 0.1) is 5.92 Å². The van der Waals surface area contributed by atoms with Gasteiger partial charge in [-0.25, -0.2) is 8.78 Å². The molecule has 1 aromatic rings. The van der Waals surface area contributed by atoms with E-state index in [4.69, 9.17) is 5.11 Å². The molecule has 1 N–H and O–H groups in total. The first-order valence-electron chi connectivity index (χ1n) is 5.19. The fourth-order valence-corrected chi connectivity index (χ4v) is 1.74. The highest BCUT2D eigenvalue weighted by atomic mass is 19.3. The van der Waals surface area contributed by atoms with Gasteiger partial charge in [-0.15, -0.1) is 0 Å². The average Bonchev–Trinajstić information content (AvgIpc) is 3.00. The number of carbonyl (C=O) groups is 1. The van der Waals surface area contributed by atoms with Gasteiger partial charge in [-0.2, -0.15) is 0 Å². The Morgan fingerprint density at radius 1 is 1.44 bits per heavy atom. The summed E-state index contributed by atoms with van der Waals surface area (Å²) in [6, 6.07) is 5.71. The summed E-state index contributed by atoms with van der Waals surface area (Å²) in [4.78, 5) is 10.5. The summed E-state index contributed by atoms with van der Waals surface area (Å²) in [5.74, 6) is -4.38. The molecule has 1 aliphatic rings. The second-order valence-electron chi connectivity index (χ2n) is 4.17. The third-order valence-corrected chi connectivity index (χ3v) is 2.76. The van der Waals surface area contributed by atoms with Crippen molar-refractivity contribution in [3.05, 3.63) is 35.4 Å². The van der Waals surface area contributed by atoms with Crippen molar-refractivity contribution in [1.29, 1.82) is 0 Å². The van der Waals surface area contributed by atoms with Crippen LogP contribution in [-0.2, 0) is 17.1 Å². The molecule has 0 unspecified atom stereocenters. The molecule has 86 valence electrons. The van der Waals surface area contributed by atoms with Crippen molar-refractivity contribution in [1.82, 2.24) is 0 Å². The van der Waals surface area contributed by atoms with Crippen LogP contribution in [0.15, 0.2) is 24.3 Å². The number of rotatable bonds is 4. The van der Waals surface area contributed by atoms with E-state index in [-0.39, 0.29) is 12.0 Å². The third kappa shape index (κ3) is 2.21. The van der Waals surface area contributed by atoms with Crippen molar-refractivity contribution in [3.63, 3.8) is 0 Å². The van der Waals surface area contributed by atoms with Crippen LogP contribution in [0.5, 0.6) is 0 Å². The lowest BCUT2D eigenvalue weighted by Gasteiger charge is -2.16. The van der Waals surface area contributed by atoms with Crippen molar-refractivity contribution >= 4 is 5.97 Å². The van der Waals surface area contributed by atoms with Crippen LogP contribution in [-0.4, -0.2) is 11.1 Å². The SMILES string of the molecule is O=C(O)Cc1cccc(C(F)(F)C2CC2)c1. The molecule has 2 nitrogen and oxygen atoms in total. The first kappa shape index (κ1) is 11.0. The van der Waals surface area contributed by atoms with E-state index in [0.717, 1.165) is 0 Å². The Hall–Kier alpha value is -1.45. The summed E-state index contributed by atoms with van der Waals surface area (Å²) in [7, 11) is 0. The van der Waals surface area contributed by atoms with E-state index in [1.807, 2.05) is 0 Å². The molecular weight excluding hydrogens is 214 g/mol. The maximum absolute atomic E-state index is 13.7.